The maximum absolute atomic E-state index is 5.98. The van der Waals surface area contributed by atoms with Gasteiger partial charge >= 0.3 is 0 Å². The van der Waals surface area contributed by atoms with E-state index in [1.807, 2.05) is 19.1 Å². The molecule has 0 amide bonds. The highest BCUT2D eigenvalue weighted by atomic mass is 16.5. The van der Waals surface area contributed by atoms with E-state index >= 15 is 0 Å². The summed E-state index contributed by atoms with van der Waals surface area (Å²) in [4.78, 5) is 0. The summed E-state index contributed by atoms with van der Waals surface area (Å²) in [7, 11) is 0. The number of allylic oxidation sites excluding steroid dienone is 3. The molecular weight excluding hydrogens is 344 g/mol. The average molecular weight is 385 g/mol. The van der Waals surface area contributed by atoms with Gasteiger partial charge < -0.3 is 9.47 Å². The summed E-state index contributed by atoms with van der Waals surface area (Å²) in [6.07, 6.45) is 21.3. The Hall–Kier alpha value is -1.54. The van der Waals surface area contributed by atoms with Crippen LogP contribution in [0.3, 0.4) is 0 Å². The van der Waals surface area contributed by atoms with Gasteiger partial charge in [-0.2, -0.15) is 0 Å². The van der Waals surface area contributed by atoms with Gasteiger partial charge in [0.05, 0.1) is 19.3 Å². The Kier molecular flexibility index (Phi) is 11.7. The van der Waals surface area contributed by atoms with E-state index in [1.165, 1.54) is 69.8 Å². The van der Waals surface area contributed by atoms with Gasteiger partial charge in [-0.1, -0.05) is 75.5 Å². The molecule has 1 fully saturated rings. The summed E-state index contributed by atoms with van der Waals surface area (Å²) in [6.45, 7) is 5.86. The van der Waals surface area contributed by atoms with Gasteiger partial charge in [0.2, 0.25) is 0 Å². The van der Waals surface area contributed by atoms with Gasteiger partial charge in [0, 0.05) is 0 Å². The van der Waals surface area contributed by atoms with E-state index in [0.29, 0.717) is 12.0 Å². The summed E-state index contributed by atoms with van der Waals surface area (Å²) in [5.74, 6) is 1.69. The second-order valence-electron chi connectivity index (χ2n) is 7.95. The minimum Gasteiger partial charge on any atom is -0.494 e. The molecule has 1 aliphatic rings. The largest absolute Gasteiger partial charge is 0.494 e. The number of unbranched alkanes of at least 4 members (excludes halogenated alkanes) is 5. The van der Waals surface area contributed by atoms with Crippen molar-refractivity contribution in [3.8, 4) is 5.75 Å². The van der Waals surface area contributed by atoms with Gasteiger partial charge in [-0.3, -0.25) is 0 Å². The highest BCUT2D eigenvalue weighted by Gasteiger charge is 2.22. The summed E-state index contributed by atoms with van der Waals surface area (Å²) in [6, 6.07) is 8.84. The molecule has 0 aromatic heterocycles. The van der Waals surface area contributed by atoms with Crippen molar-refractivity contribution in [2.24, 2.45) is 0 Å². The van der Waals surface area contributed by atoms with Crippen molar-refractivity contribution in [2.75, 3.05) is 13.2 Å². The molecule has 2 nitrogen and oxygen atoms in total. The van der Waals surface area contributed by atoms with Gasteiger partial charge in [0.1, 0.15) is 5.75 Å². The van der Waals surface area contributed by atoms with Crippen molar-refractivity contribution in [3.05, 3.63) is 54.1 Å². The molecule has 0 saturated heterocycles. The summed E-state index contributed by atoms with van der Waals surface area (Å²) >= 11 is 0. The smallest absolute Gasteiger partial charge is 0.119 e. The quantitative estimate of drug-likeness (QED) is 0.257. The third-order valence-corrected chi connectivity index (χ3v) is 5.66. The molecule has 156 valence electrons. The Bertz CT molecular complexity index is 550. The molecule has 0 unspecified atom stereocenters. The first-order valence-electron chi connectivity index (χ1n) is 11.5. The topological polar surface area (TPSA) is 18.5 Å². The minimum absolute atomic E-state index is 0.423. The van der Waals surface area contributed by atoms with Crippen LogP contribution in [0.4, 0.5) is 0 Å². The van der Waals surface area contributed by atoms with Crippen LogP contribution in [0.5, 0.6) is 5.75 Å². The zero-order chi connectivity index (χ0) is 19.9. The highest BCUT2D eigenvalue weighted by Crippen LogP contribution is 2.34. The zero-order valence-corrected chi connectivity index (χ0v) is 18.1. The maximum atomic E-state index is 5.98. The van der Waals surface area contributed by atoms with Crippen molar-refractivity contribution in [1.82, 2.24) is 0 Å². The Balaban J connectivity index is 1.61. The Morgan fingerprint density at radius 2 is 1.61 bits per heavy atom. The van der Waals surface area contributed by atoms with Crippen LogP contribution in [0.1, 0.15) is 89.5 Å². The molecule has 2 rings (SSSR count). The second-order valence-corrected chi connectivity index (χ2v) is 7.95. The average Bonchev–Trinajstić information content (AvgIpc) is 2.74. The SMILES string of the molecule is C/C=C/C=C/COC1CCC(c2ccc(OCCCCCCCC)cc2)CC1. The monoisotopic (exact) mass is 384 g/mol. The third-order valence-electron chi connectivity index (χ3n) is 5.66. The van der Waals surface area contributed by atoms with Gasteiger partial charge in [-0.25, -0.2) is 0 Å². The van der Waals surface area contributed by atoms with Crippen LogP contribution >= 0.6 is 0 Å². The maximum Gasteiger partial charge on any atom is 0.119 e. The van der Waals surface area contributed by atoms with Gasteiger partial charge in [-0.15, -0.1) is 0 Å². The molecule has 1 aromatic rings. The molecule has 0 heterocycles. The molecule has 1 aliphatic carbocycles. The van der Waals surface area contributed by atoms with Crippen LogP contribution < -0.4 is 4.74 Å². The molecular formula is C26H40O2. The summed E-state index contributed by atoms with van der Waals surface area (Å²) in [5, 5.41) is 0. The van der Waals surface area contributed by atoms with E-state index < -0.39 is 0 Å². The molecule has 1 saturated carbocycles. The van der Waals surface area contributed by atoms with Crippen LogP contribution in [0.25, 0.3) is 0 Å². The summed E-state index contributed by atoms with van der Waals surface area (Å²) in [5.41, 5.74) is 1.46. The lowest BCUT2D eigenvalue weighted by atomic mass is 9.83. The van der Waals surface area contributed by atoms with E-state index in [9.17, 15) is 0 Å². The predicted molar refractivity (Wildman–Crippen MR) is 120 cm³/mol. The second kappa shape index (κ2) is 14.5. The van der Waals surface area contributed by atoms with Crippen LogP contribution in [-0.4, -0.2) is 19.3 Å². The van der Waals surface area contributed by atoms with Gasteiger partial charge in [0.15, 0.2) is 0 Å². The number of hydrogen-bond donors (Lipinski definition) is 0. The fourth-order valence-electron chi connectivity index (χ4n) is 3.91. The molecule has 0 bridgehead atoms. The number of benzene rings is 1. The predicted octanol–water partition coefficient (Wildman–Crippen LogP) is 7.60. The van der Waals surface area contributed by atoms with E-state index in [1.54, 1.807) is 0 Å². The fraction of sp³-hybridized carbons (Fsp3) is 0.615. The van der Waals surface area contributed by atoms with Crippen LogP contribution in [0.2, 0.25) is 0 Å². The fourth-order valence-corrected chi connectivity index (χ4v) is 3.91. The number of hydrogen-bond acceptors (Lipinski definition) is 2. The van der Waals surface area contributed by atoms with Gasteiger partial charge in [0.25, 0.3) is 0 Å². The minimum atomic E-state index is 0.423. The van der Waals surface area contributed by atoms with Crippen molar-refractivity contribution >= 4 is 0 Å². The van der Waals surface area contributed by atoms with E-state index in [-0.39, 0.29) is 0 Å². The van der Waals surface area contributed by atoms with Crippen LogP contribution in [0.15, 0.2) is 48.6 Å². The molecule has 1 aromatic carbocycles. The Morgan fingerprint density at radius 1 is 0.893 bits per heavy atom. The standard InChI is InChI=1S/C26H40O2/c1-3-5-7-9-10-12-22-28-26-19-15-24(16-20-26)23-13-17-25(18-14-23)27-21-11-8-6-4-2/h4,6,8,11,15-16,19-20,23,25H,3,5,7,9-10,12-14,17-18,21-22H2,1-2H3/b6-4+,11-8+. The molecule has 0 spiro atoms. The lowest BCUT2D eigenvalue weighted by Gasteiger charge is -2.28. The van der Waals surface area contributed by atoms with Crippen molar-refractivity contribution in [1.29, 1.82) is 0 Å². The lowest BCUT2D eigenvalue weighted by molar-refractivity contribution is 0.0422. The van der Waals surface area contributed by atoms with Crippen molar-refractivity contribution < 1.29 is 9.47 Å². The molecule has 28 heavy (non-hydrogen) atoms. The Morgan fingerprint density at radius 3 is 2.32 bits per heavy atom. The van der Waals surface area contributed by atoms with E-state index in [2.05, 4.69) is 43.3 Å². The first-order chi connectivity index (χ1) is 13.8. The zero-order valence-electron chi connectivity index (χ0n) is 18.1. The number of rotatable bonds is 13. The van der Waals surface area contributed by atoms with E-state index in [0.717, 1.165) is 19.0 Å². The lowest BCUT2D eigenvalue weighted by Crippen LogP contribution is -2.20. The molecule has 0 N–H and O–H groups in total. The molecule has 0 atom stereocenters. The first-order valence-corrected chi connectivity index (χ1v) is 11.5. The van der Waals surface area contributed by atoms with Crippen molar-refractivity contribution in [2.45, 2.75) is 90.1 Å². The van der Waals surface area contributed by atoms with Crippen molar-refractivity contribution in [3.63, 3.8) is 0 Å². The number of ether oxygens (including phenoxy) is 2. The molecule has 0 radical (unpaired) electrons. The third kappa shape index (κ3) is 9.10. The molecule has 0 aliphatic heterocycles. The van der Waals surface area contributed by atoms with Gasteiger partial charge in [-0.05, 0) is 62.6 Å². The normalized spacial score (nSPS) is 20.2. The first kappa shape index (κ1) is 22.7. The van der Waals surface area contributed by atoms with Crippen LogP contribution in [0, 0.1) is 0 Å². The molecule has 2 heteroatoms. The Labute approximate surface area is 173 Å². The highest BCUT2D eigenvalue weighted by molar-refractivity contribution is 5.29. The van der Waals surface area contributed by atoms with Crippen LogP contribution in [-0.2, 0) is 4.74 Å². The van der Waals surface area contributed by atoms with E-state index in [4.69, 9.17) is 9.47 Å². The summed E-state index contributed by atoms with van der Waals surface area (Å²) < 4.78 is 11.9.